The fourth-order valence-electron chi connectivity index (χ4n) is 3.03. The number of amides is 1. The van der Waals surface area contributed by atoms with Gasteiger partial charge in [-0.15, -0.1) is 0 Å². The second-order valence-corrected chi connectivity index (χ2v) is 5.75. The Labute approximate surface area is 131 Å². The Bertz CT molecular complexity index is 517. The van der Waals surface area contributed by atoms with Crippen LogP contribution in [-0.2, 0) is 9.47 Å². The lowest BCUT2D eigenvalue weighted by molar-refractivity contribution is 0.0299. The molecule has 0 aromatic carbocycles. The van der Waals surface area contributed by atoms with E-state index in [0.717, 1.165) is 31.6 Å². The minimum absolute atomic E-state index is 0.00884. The summed E-state index contributed by atoms with van der Waals surface area (Å²) in [6.45, 7) is 4.35. The number of pyridine rings is 1. The lowest BCUT2D eigenvalue weighted by atomic mass is 10.1. The molecule has 1 aromatic heterocycles. The fraction of sp³-hybridized carbons (Fsp3) is 0.625. The van der Waals surface area contributed by atoms with Crippen molar-refractivity contribution >= 4 is 11.6 Å². The van der Waals surface area contributed by atoms with Gasteiger partial charge in [0.25, 0.3) is 5.91 Å². The van der Waals surface area contributed by atoms with E-state index in [1.165, 1.54) is 0 Å². The topological polar surface area (TPSA) is 54.9 Å². The summed E-state index contributed by atoms with van der Waals surface area (Å²) in [5, 5.41) is 0. The number of ether oxygens (including phenoxy) is 2. The first-order valence-corrected chi connectivity index (χ1v) is 7.89. The van der Waals surface area contributed by atoms with Gasteiger partial charge in [0.1, 0.15) is 5.69 Å². The second-order valence-electron chi connectivity index (χ2n) is 5.75. The van der Waals surface area contributed by atoms with E-state index < -0.39 is 0 Å². The van der Waals surface area contributed by atoms with E-state index in [-0.39, 0.29) is 12.0 Å². The van der Waals surface area contributed by atoms with Gasteiger partial charge in [0.2, 0.25) is 0 Å². The normalized spacial score (nSPS) is 22.7. The molecule has 3 heterocycles. The Morgan fingerprint density at radius 3 is 2.95 bits per heavy atom. The number of aromatic nitrogens is 1. The first kappa shape index (κ1) is 15.2. The van der Waals surface area contributed by atoms with Crippen molar-refractivity contribution in [1.82, 2.24) is 9.88 Å². The highest BCUT2D eigenvalue weighted by Gasteiger charge is 2.23. The monoisotopic (exact) mass is 305 g/mol. The number of hydrogen-bond acceptors (Lipinski definition) is 5. The molecule has 0 N–H and O–H groups in total. The molecule has 22 heavy (non-hydrogen) atoms. The SMILES string of the molecule is CO[C@@H]1CCCN(c2ccnc(C(=O)N3CCOCC3)c2)C1. The highest BCUT2D eigenvalue weighted by Crippen LogP contribution is 2.22. The number of methoxy groups -OCH3 is 1. The maximum absolute atomic E-state index is 12.5. The quantitative estimate of drug-likeness (QED) is 0.839. The average Bonchev–Trinajstić information content (AvgIpc) is 2.62. The molecule has 0 bridgehead atoms. The largest absolute Gasteiger partial charge is 0.380 e. The molecular formula is C16H23N3O3. The smallest absolute Gasteiger partial charge is 0.272 e. The number of morpholine rings is 1. The van der Waals surface area contributed by atoms with E-state index in [9.17, 15) is 4.79 Å². The maximum Gasteiger partial charge on any atom is 0.272 e. The highest BCUT2D eigenvalue weighted by atomic mass is 16.5. The van der Waals surface area contributed by atoms with Gasteiger partial charge in [-0.25, -0.2) is 0 Å². The van der Waals surface area contributed by atoms with Crippen molar-refractivity contribution in [2.24, 2.45) is 0 Å². The first-order chi connectivity index (χ1) is 10.8. The van der Waals surface area contributed by atoms with Crippen LogP contribution in [0.1, 0.15) is 23.3 Å². The van der Waals surface area contributed by atoms with Crippen LogP contribution < -0.4 is 4.90 Å². The predicted octanol–water partition coefficient (Wildman–Crippen LogP) is 1.17. The summed E-state index contributed by atoms with van der Waals surface area (Å²) in [6, 6.07) is 3.87. The summed E-state index contributed by atoms with van der Waals surface area (Å²) in [5.41, 5.74) is 1.56. The second kappa shape index (κ2) is 7.07. The molecule has 0 spiro atoms. The van der Waals surface area contributed by atoms with Crippen LogP contribution in [-0.4, -0.2) is 68.4 Å². The molecule has 6 nitrogen and oxygen atoms in total. The third-order valence-electron chi connectivity index (χ3n) is 4.34. The van der Waals surface area contributed by atoms with Gasteiger partial charge in [-0.05, 0) is 25.0 Å². The van der Waals surface area contributed by atoms with Crippen LogP contribution in [0.4, 0.5) is 5.69 Å². The van der Waals surface area contributed by atoms with Gasteiger partial charge in [-0.1, -0.05) is 0 Å². The summed E-state index contributed by atoms with van der Waals surface area (Å²) in [4.78, 5) is 20.9. The van der Waals surface area contributed by atoms with Crippen LogP contribution in [0.3, 0.4) is 0 Å². The van der Waals surface area contributed by atoms with E-state index in [1.54, 1.807) is 13.3 Å². The Balaban J connectivity index is 1.73. The van der Waals surface area contributed by atoms with Gasteiger partial charge in [0.15, 0.2) is 0 Å². The Hall–Kier alpha value is -1.66. The molecule has 2 aliphatic rings. The third-order valence-corrected chi connectivity index (χ3v) is 4.34. The Morgan fingerprint density at radius 1 is 1.36 bits per heavy atom. The molecular weight excluding hydrogens is 282 g/mol. The van der Waals surface area contributed by atoms with Gasteiger partial charge in [-0.3, -0.25) is 9.78 Å². The number of anilines is 1. The van der Waals surface area contributed by atoms with Crippen molar-refractivity contribution in [3.63, 3.8) is 0 Å². The van der Waals surface area contributed by atoms with E-state index in [1.807, 2.05) is 17.0 Å². The van der Waals surface area contributed by atoms with Crippen molar-refractivity contribution in [3.05, 3.63) is 24.0 Å². The van der Waals surface area contributed by atoms with Crippen LogP contribution >= 0.6 is 0 Å². The minimum Gasteiger partial charge on any atom is -0.380 e. The zero-order valence-electron chi connectivity index (χ0n) is 13.0. The summed E-state index contributed by atoms with van der Waals surface area (Å²) in [7, 11) is 1.76. The summed E-state index contributed by atoms with van der Waals surface area (Å²) in [6.07, 6.45) is 4.19. The minimum atomic E-state index is -0.00884. The lowest BCUT2D eigenvalue weighted by Crippen LogP contribution is -2.41. The summed E-state index contributed by atoms with van der Waals surface area (Å²) in [5.74, 6) is -0.00884. The van der Waals surface area contributed by atoms with Crippen LogP contribution in [0.5, 0.6) is 0 Å². The third kappa shape index (κ3) is 3.39. The standard InChI is InChI=1S/C16H23N3O3/c1-21-14-3-2-6-19(12-14)13-4-5-17-15(11-13)16(20)18-7-9-22-10-8-18/h4-5,11,14H,2-3,6-10,12H2,1H3/t14-/m1/s1. The van der Waals surface area contributed by atoms with Gasteiger partial charge >= 0.3 is 0 Å². The zero-order valence-corrected chi connectivity index (χ0v) is 13.0. The van der Waals surface area contributed by atoms with E-state index in [0.29, 0.717) is 32.0 Å². The molecule has 0 aliphatic carbocycles. The number of nitrogens with zero attached hydrogens (tertiary/aromatic N) is 3. The number of rotatable bonds is 3. The Kier molecular flexibility index (Phi) is 4.90. The number of carbonyl (C=O) groups is 1. The molecule has 2 fully saturated rings. The Morgan fingerprint density at radius 2 is 2.18 bits per heavy atom. The average molecular weight is 305 g/mol. The highest BCUT2D eigenvalue weighted by molar-refractivity contribution is 5.93. The van der Waals surface area contributed by atoms with Crippen LogP contribution in [0.15, 0.2) is 18.3 Å². The number of piperidine rings is 1. The van der Waals surface area contributed by atoms with Crippen LogP contribution in [0.2, 0.25) is 0 Å². The van der Waals surface area contributed by atoms with E-state index in [4.69, 9.17) is 9.47 Å². The molecule has 3 rings (SSSR count). The molecule has 1 atom stereocenters. The molecule has 0 saturated carbocycles. The fourth-order valence-corrected chi connectivity index (χ4v) is 3.03. The lowest BCUT2D eigenvalue weighted by Gasteiger charge is -2.34. The van der Waals surface area contributed by atoms with Crippen molar-refractivity contribution < 1.29 is 14.3 Å². The van der Waals surface area contributed by atoms with Crippen molar-refractivity contribution in [3.8, 4) is 0 Å². The molecule has 0 unspecified atom stereocenters. The predicted molar refractivity (Wildman–Crippen MR) is 83.2 cm³/mol. The number of carbonyl (C=O) groups excluding carboxylic acids is 1. The zero-order chi connectivity index (χ0) is 15.4. The van der Waals surface area contributed by atoms with E-state index in [2.05, 4.69) is 9.88 Å². The van der Waals surface area contributed by atoms with Crippen molar-refractivity contribution in [2.45, 2.75) is 18.9 Å². The molecule has 1 amide bonds. The number of hydrogen-bond donors (Lipinski definition) is 0. The summed E-state index contributed by atoms with van der Waals surface area (Å²) >= 11 is 0. The molecule has 6 heteroatoms. The van der Waals surface area contributed by atoms with Gasteiger partial charge in [0, 0.05) is 45.2 Å². The van der Waals surface area contributed by atoms with Crippen molar-refractivity contribution in [1.29, 1.82) is 0 Å². The van der Waals surface area contributed by atoms with Gasteiger partial charge in [0.05, 0.1) is 19.3 Å². The van der Waals surface area contributed by atoms with Crippen molar-refractivity contribution in [2.75, 3.05) is 51.4 Å². The molecule has 120 valence electrons. The molecule has 1 aromatic rings. The maximum atomic E-state index is 12.5. The first-order valence-electron chi connectivity index (χ1n) is 7.89. The molecule has 2 saturated heterocycles. The summed E-state index contributed by atoms with van der Waals surface area (Å²) < 4.78 is 10.8. The van der Waals surface area contributed by atoms with Crippen LogP contribution in [0, 0.1) is 0 Å². The van der Waals surface area contributed by atoms with Gasteiger partial charge < -0.3 is 19.3 Å². The van der Waals surface area contributed by atoms with E-state index >= 15 is 0 Å². The molecule has 2 aliphatic heterocycles. The van der Waals surface area contributed by atoms with Crippen LogP contribution in [0.25, 0.3) is 0 Å². The molecule has 0 radical (unpaired) electrons. The van der Waals surface area contributed by atoms with Gasteiger partial charge in [-0.2, -0.15) is 0 Å².